The Morgan fingerprint density at radius 1 is 0.960 bits per heavy atom. The number of fused-ring (bicyclic) bond motifs is 1. The van der Waals surface area contributed by atoms with Crippen LogP contribution in [0.2, 0.25) is 0 Å². The number of nitrogens with zero attached hydrogens (tertiary/aromatic N) is 3. The van der Waals surface area contributed by atoms with E-state index in [1.807, 2.05) is 41.5 Å². The first kappa shape index (κ1) is 39.2. The Morgan fingerprint density at radius 3 is 2.18 bits per heavy atom. The number of nitrogens with one attached hydrogen (secondary N) is 4. The van der Waals surface area contributed by atoms with Gasteiger partial charge in [-0.1, -0.05) is 80.7 Å². The summed E-state index contributed by atoms with van der Waals surface area (Å²) in [5.41, 5.74) is -1.29. The number of hydrogen-bond acceptors (Lipinski definition) is 6. The average molecular weight is 700 g/mol. The summed E-state index contributed by atoms with van der Waals surface area (Å²) in [6.45, 7) is 21.4. The van der Waals surface area contributed by atoms with Crippen molar-refractivity contribution in [1.82, 2.24) is 36.0 Å². The third kappa shape index (κ3) is 8.62. The summed E-state index contributed by atoms with van der Waals surface area (Å²) in [7, 11) is 1.77. The Bertz CT molecular complexity index is 1350. The van der Waals surface area contributed by atoms with Gasteiger partial charge in [-0.15, -0.1) is 6.58 Å². The lowest BCUT2D eigenvalue weighted by Crippen LogP contribution is -2.63. The summed E-state index contributed by atoms with van der Waals surface area (Å²) >= 11 is 0. The highest BCUT2D eigenvalue weighted by molar-refractivity contribution is 6.38. The SMILES string of the molecule is C=CCNC(=O)C(=O)C(CC1CCC1)NC(=O)[C@@H]1[C@@H]2[C@H](CN1C(=O)[C@@H](NC(=O)N[C@H](CN1CCCN(C)C1=O)C(C)(C)C)C(C)(C)C)C2(C)C. The normalized spacial score (nSPS) is 25.0. The van der Waals surface area contributed by atoms with Crippen molar-refractivity contribution >= 4 is 35.6 Å². The van der Waals surface area contributed by atoms with Gasteiger partial charge < -0.3 is 36.0 Å². The molecule has 1 unspecified atom stereocenters. The molecule has 2 saturated carbocycles. The van der Waals surface area contributed by atoms with Gasteiger partial charge in [0, 0.05) is 39.8 Å². The Labute approximate surface area is 298 Å². The molecule has 13 nitrogen and oxygen atoms in total. The van der Waals surface area contributed by atoms with Crippen LogP contribution in [0.5, 0.6) is 0 Å². The zero-order chi connectivity index (χ0) is 37.3. The predicted molar refractivity (Wildman–Crippen MR) is 191 cm³/mol. The van der Waals surface area contributed by atoms with E-state index in [1.165, 1.54) is 6.08 Å². The number of rotatable bonds is 13. The van der Waals surface area contributed by atoms with Gasteiger partial charge in [0.05, 0.1) is 12.1 Å². The molecule has 2 aliphatic heterocycles. The predicted octanol–water partition coefficient (Wildman–Crippen LogP) is 2.90. The van der Waals surface area contributed by atoms with Crippen LogP contribution in [0.15, 0.2) is 12.7 Å². The van der Waals surface area contributed by atoms with Crippen molar-refractivity contribution in [1.29, 1.82) is 0 Å². The monoisotopic (exact) mass is 699 g/mol. The summed E-state index contributed by atoms with van der Waals surface area (Å²) in [5, 5.41) is 11.4. The van der Waals surface area contributed by atoms with E-state index in [-0.39, 0.29) is 41.7 Å². The smallest absolute Gasteiger partial charge is 0.319 e. The molecular weight excluding hydrogens is 638 g/mol. The Kier molecular flexibility index (Phi) is 11.7. The lowest BCUT2D eigenvalue weighted by molar-refractivity contribution is -0.145. The van der Waals surface area contributed by atoms with Crippen molar-refractivity contribution in [3.63, 3.8) is 0 Å². The molecular formula is C37H61N7O6. The first-order chi connectivity index (χ1) is 23.2. The van der Waals surface area contributed by atoms with Crippen LogP contribution in [0.1, 0.15) is 87.5 Å². The molecule has 0 spiro atoms. The molecule has 2 aliphatic carbocycles. The van der Waals surface area contributed by atoms with Gasteiger partial charge in [0.15, 0.2) is 0 Å². The van der Waals surface area contributed by atoms with Gasteiger partial charge in [0.1, 0.15) is 12.1 Å². The van der Waals surface area contributed by atoms with Crippen molar-refractivity contribution in [3.05, 3.63) is 12.7 Å². The molecule has 0 aromatic heterocycles. The van der Waals surface area contributed by atoms with E-state index < -0.39 is 58.6 Å². The van der Waals surface area contributed by atoms with E-state index in [4.69, 9.17) is 0 Å². The molecule has 2 heterocycles. The zero-order valence-corrected chi connectivity index (χ0v) is 31.7. The van der Waals surface area contributed by atoms with Gasteiger partial charge in [-0.3, -0.25) is 19.2 Å². The summed E-state index contributed by atoms with van der Waals surface area (Å²) in [6, 6.07) is -3.84. The first-order valence-corrected chi connectivity index (χ1v) is 18.3. The number of carbonyl (C=O) groups is 6. The second-order valence-electron chi connectivity index (χ2n) is 17.7. The topological polar surface area (TPSA) is 160 Å². The Hall–Kier alpha value is -3.64. The molecule has 13 heteroatoms. The number of carbonyl (C=O) groups excluding carboxylic acids is 6. The summed E-state index contributed by atoms with van der Waals surface area (Å²) in [4.78, 5) is 86.1. The molecule has 2 saturated heterocycles. The quantitative estimate of drug-likeness (QED) is 0.171. The number of ketones is 1. The van der Waals surface area contributed by atoms with Gasteiger partial charge in [-0.2, -0.15) is 0 Å². The first-order valence-electron chi connectivity index (χ1n) is 18.3. The van der Waals surface area contributed by atoms with E-state index in [9.17, 15) is 28.8 Å². The maximum atomic E-state index is 14.5. The molecule has 0 aromatic rings. The lowest BCUT2D eigenvalue weighted by Gasteiger charge is -2.41. The van der Waals surface area contributed by atoms with E-state index in [2.05, 4.69) is 41.7 Å². The Balaban J connectivity index is 1.52. The van der Waals surface area contributed by atoms with Crippen LogP contribution in [0, 0.1) is 34.0 Å². The van der Waals surface area contributed by atoms with Crippen molar-refractivity contribution < 1.29 is 28.8 Å². The second kappa shape index (κ2) is 14.9. The molecule has 4 rings (SSSR count). The summed E-state index contributed by atoms with van der Waals surface area (Å²) in [6.07, 6.45) is 5.60. The second-order valence-corrected chi connectivity index (χ2v) is 17.7. The minimum Gasteiger partial charge on any atom is -0.346 e. The van der Waals surface area contributed by atoms with Crippen LogP contribution in [-0.4, -0.2) is 114 Å². The molecule has 0 radical (unpaired) electrons. The van der Waals surface area contributed by atoms with Gasteiger partial charge in [0.25, 0.3) is 5.91 Å². The maximum absolute atomic E-state index is 14.5. The summed E-state index contributed by atoms with van der Waals surface area (Å²) in [5.74, 6) is -2.10. The summed E-state index contributed by atoms with van der Waals surface area (Å²) < 4.78 is 0. The van der Waals surface area contributed by atoms with E-state index in [1.54, 1.807) is 21.7 Å². The fourth-order valence-electron chi connectivity index (χ4n) is 7.78. The highest BCUT2D eigenvalue weighted by Gasteiger charge is 2.70. The zero-order valence-electron chi connectivity index (χ0n) is 31.7. The molecule has 6 atom stereocenters. The fraction of sp³-hybridized carbons (Fsp3) is 0.784. The van der Waals surface area contributed by atoms with Gasteiger partial charge in [0.2, 0.25) is 17.6 Å². The molecule has 0 bridgehead atoms. The molecule has 4 aliphatic rings. The third-order valence-corrected chi connectivity index (χ3v) is 11.5. The molecule has 0 aromatic carbocycles. The van der Waals surface area contributed by atoms with Crippen LogP contribution in [0.25, 0.3) is 0 Å². The number of likely N-dealkylation sites (tertiary alicyclic amines) is 1. The van der Waals surface area contributed by atoms with E-state index in [0.29, 0.717) is 32.6 Å². The maximum Gasteiger partial charge on any atom is 0.319 e. The molecule has 280 valence electrons. The van der Waals surface area contributed by atoms with Crippen LogP contribution in [0.4, 0.5) is 9.59 Å². The highest BCUT2D eigenvalue weighted by atomic mass is 16.2. The van der Waals surface area contributed by atoms with Gasteiger partial charge in [-0.25, -0.2) is 9.59 Å². The number of amides is 7. The number of piperidine rings is 1. The van der Waals surface area contributed by atoms with E-state index >= 15 is 0 Å². The van der Waals surface area contributed by atoms with Crippen molar-refractivity contribution in [2.75, 3.05) is 39.8 Å². The fourth-order valence-corrected chi connectivity index (χ4v) is 7.78. The van der Waals surface area contributed by atoms with Gasteiger partial charge in [-0.05, 0) is 46.8 Å². The number of Topliss-reactive ketones (excluding diaryl/α,β-unsaturated/α-hetero) is 1. The van der Waals surface area contributed by atoms with Crippen LogP contribution in [0.3, 0.4) is 0 Å². The van der Waals surface area contributed by atoms with Gasteiger partial charge >= 0.3 is 12.1 Å². The van der Waals surface area contributed by atoms with Crippen LogP contribution in [-0.2, 0) is 19.2 Å². The molecule has 4 N–H and O–H groups in total. The van der Waals surface area contributed by atoms with Crippen molar-refractivity contribution in [2.45, 2.75) is 112 Å². The van der Waals surface area contributed by atoms with Crippen LogP contribution < -0.4 is 21.3 Å². The Morgan fingerprint density at radius 2 is 1.62 bits per heavy atom. The van der Waals surface area contributed by atoms with Crippen molar-refractivity contribution in [2.24, 2.45) is 34.0 Å². The minimum absolute atomic E-state index is 0.0793. The standard InChI is InChI=1S/C37H61N7O6/c1-11-16-38-31(47)28(45)24(19-22-14-12-15-22)39-30(46)27-26-23(37(26,8)9)20-44(27)32(48)29(36(5,6)7)41-33(49)40-25(35(2,3)4)21-43-18-13-17-42(10)34(43)50/h11,22-27,29H,1,12-21H2,2-10H3,(H,38,47)(H,39,46)(H2,40,41,49)/t23-,24?,25+,26-,27-,29+/m0/s1. The van der Waals surface area contributed by atoms with Crippen LogP contribution >= 0.6 is 0 Å². The lowest BCUT2D eigenvalue weighted by atomic mass is 9.80. The minimum atomic E-state index is -1.00. The van der Waals surface area contributed by atoms with Crippen molar-refractivity contribution in [3.8, 4) is 0 Å². The third-order valence-electron chi connectivity index (χ3n) is 11.5. The molecule has 50 heavy (non-hydrogen) atoms. The molecule has 7 amide bonds. The number of hydrogen-bond donors (Lipinski definition) is 4. The average Bonchev–Trinajstić information content (AvgIpc) is 3.31. The van der Waals surface area contributed by atoms with E-state index in [0.717, 1.165) is 25.7 Å². The highest BCUT2D eigenvalue weighted by Crippen LogP contribution is 2.65. The number of urea groups is 2. The molecule has 4 fully saturated rings. The largest absolute Gasteiger partial charge is 0.346 e.